The largest absolute Gasteiger partial charge is 0.368 e. The van der Waals surface area contributed by atoms with Gasteiger partial charge in [0.2, 0.25) is 5.95 Å². The van der Waals surface area contributed by atoms with Crippen LogP contribution in [-0.4, -0.2) is 26.3 Å². The first-order chi connectivity index (χ1) is 9.22. The molecule has 3 N–H and O–H groups in total. The molecule has 98 valence electrons. The fraction of sp³-hybridized carbons (Fsp3) is 0.250. The molecule has 0 bridgehead atoms. The SMILES string of the molecule is Cc1cc2c(NCCn3cccn3)nc(N)nc2s1. The summed E-state index contributed by atoms with van der Waals surface area (Å²) in [4.78, 5) is 10.6. The number of hydrogen-bond donors (Lipinski definition) is 2. The van der Waals surface area contributed by atoms with Gasteiger partial charge in [-0.05, 0) is 19.1 Å². The summed E-state index contributed by atoms with van der Waals surface area (Å²) >= 11 is 1.62. The van der Waals surface area contributed by atoms with Crippen molar-refractivity contribution >= 4 is 33.3 Å². The predicted molar refractivity (Wildman–Crippen MR) is 77.3 cm³/mol. The lowest BCUT2D eigenvalue weighted by atomic mass is 10.3. The monoisotopic (exact) mass is 274 g/mol. The second kappa shape index (κ2) is 4.85. The van der Waals surface area contributed by atoms with Gasteiger partial charge in [-0.1, -0.05) is 0 Å². The number of rotatable bonds is 4. The Morgan fingerprint density at radius 1 is 1.42 bits per heavy atom. The molecule has 3 aromatic heterocycles. The molecule has 0 unspecified atom stereocenters. The molecule has 0 radical (unpaired) electrons. The molecule has 0 fully saturated rings. The van der Waals surface area contributed by atoms with E-state index in [0.717, 1.165) is 29.1 Å². The molecule has 3 rings (SSSR count). The van der Waals surface area contributed by atoms with Crippen LogP contribution in [0.2, 0.25) is 0 Å². The molecule has 3 aromatic rings. The molecule has 0 amide bonds. The van der Waals surface area contributed by atoms with E-state index in [9.17, 15) is 0 Å². The summed E-state index contributed by atoms with van der Waals surface area (Å²) in [5.41, 5.74) is 5.73. The molecule has 3 heterocycles. The minimum Gasteiger partial charge on any atom is -0.368 e. The van der Waals surface area contributed by atoms with Crippen LogP contribution in [0.25, 0.3) is 10.2 Å². The highest BCUT2D eigenvalue weighted by molar-refractivity contribution is 7.18. The number of hydrogen-bond acceptors (Lipinski definition) is 6. The Balaban J connectivity index is 1.79. The third kappa shape index (κ3) is 2.50. The Labute approximate surface area is 114 Å². The quantitative estimate of drug-likeness (QED) is 0.759. The number of nitrogen functional groups attached to an aromatic ring is 1. The summed E-state index contributed by atoms with van der Waals surface area (Å²) in [6, 6.07) is 3.98. The lowest BCUT2D eigenvalue weighted by Gasteiger charge is -2.07. The minimum absolute atomic E-state index is 0.302. The summed E-state index contributed by atoms with van der Waals surface area (Å²) in [6.07, 6.45) is 3.70. The van der Waals surface area contributed by atoms with Gasteiger partial charge in [-0.2, -0.15) is 10.1 Å². The van der Waals surface area contributed by atoms with Crippen molar-refractivity contribution < 1.29 is 0 Å². The van der Waals surface area contributed by atoms with Crippen molar-refractivity contribution in [2.75, 3.05) is 17.6 Å². The Morgan fingerprint density at radius 2 is 2.32 bits per heavy atom. The second-order valence-corrected chi connectivity index (χ2v) is 5.44. The van der Waals surface area contributed by atoms with Gasteiger partial charge < -0.3 is 11.1 Å². The smallest absolute Gasteiger partial charge is 0.223 e. The van der Waals surface area contributed by atoms with Crippen LogP contribution in [0.15, 0.2) is 24.5 Å². The summed E-state index contributed by atoms with van der Waals surface area (Å²) in [5.74, 6) is 1.09. The molecule has 7 heteroatoms. The minimum atomic E-state index is 0.302. The first-order valence-electron chi connectivity index (χ1n) is 5.97. The van der Waals surface area contributed by atoms with Crippen molar-refractivity contribution in [2.45, 2.75) is 13.5 Å². The third-order valence-electron chi connectivity index (χ3n) is 2.73. The van der Waals surface area contributed by atoms with Gasteiger partial charge in [0.15, 0.2) is 0 Å². The molecule has 0 aliphatic heterocycles. The van der Waals surface area contributed by atoms with Crippen molar-refractivity contribution in [2.24, 2.45) is 0 Å². The average molecular weight is 274 g/mol. The van der Waals surface area contributed by atoms with E-state index in [1.807, 2.05) is 16.9 Å². The first kappa shape index (κ1) is 11.9. The summed E-state index contributed by atoms with van der Waals surface area (Å²) in [7, 11) is 0. The van der Waals surface area contributed by atoms with Crippen molar-refractivity contribution in [3.05, 3.63) is 29.4 Å². The third-order valence-corrected chi connectivity index (χ3v) is 3.67. The molecule has 19 heavy (non-hydrogen) atoms. The van der Waals surface area contributed by atoms with Crippen LogP contribution in [0.1, 0.15) is 4.88 Å². The highest BCUT2D eigenvalue weighted by Gasteiger charge is 2.08. The number of aryl methyl sites for hydroxylation is 1. The lowest BCUT2D eigenvalue weighted by Crippen LogP contribution is -2.12. The van der Waals surface area contributed by atoms with Crippen LogP contribution in [0.3, 0.4) is 0 Å². The zero-order valence-corrected chi connectivity index (χ0v) is 11.3. The van der Waals surface area contributed by atoms with Crippen LogP contribution < -0.4 is 11.1 Å². The number of nitrogens with one attached hydrogen (secondary N) is 1. The van der Waals surface area contributed by atoms with Crippen LogP contribution in [0, 0.1) is 6.92 Å². The van der Waals surface area contributed by atoms with Crippen LogP contribution in [0.4, 0.5) is 11.8 Å². The van der Waals surface area contributed by atoms with Gasteiger partial charge in [-0.25, -0.2) is 4.98 Å². The van der Waals surface area contributed by atoms with Gasteiger partial charge in [-0.15, -0.1) is 11.3 Å². The Bertz CT molecular complexity index is 688. The predicted octanol–water partition coefficient (Wildman–Crippen LogP) is 1.89. The molecule has 0 atom stereocenters. The zero-order valence-electron chi connectivity index (χ0n) is 10.5. The number of nitrogens with two attached hydrogens (primary N) is 1. The van der Waals surface area contributed by atoms with E-state index in [-0.39, 0.29) is 0 Å². The van der Waals surface area contributed by atoms with E-state index in [1.54, 1.807) is 17.5 Å². The highest BCUT2D eigenvalue weighted by Crippen LogP contribution is 2.28. The fourth-order valence-electron chi connectivity index (χ4n) is 1.91. The number of fused-ring (bicyclic) bond motifs is 1. The van der Waals surface area contributed by atoms with Gasteiger partial charge in [-0.3, -0.25) is 4.68 Å². The first-order valence-corrected chi connectivity index (χ1v) is 6.79. The van der Waals surface area contributed by atoms with Gasteiger partial charge in [0.05, 0.1) is 11.9 Å². The summed E-state index contributed by atoms with van der Waals surface area (Å²) in [5, 5.41) is 8.47. The number of aromatic nitrogens is 4. The van der Waals surface area contributed by atoms with E-state index in [4.69, 9.17) is 5.73 Å². The normalized spacial score (nSPS) is 11.0. The maximum Gasteiger partial charge on any atom is 0.223 e. The van der Waals surface area contributed by atoms with Crippen LogP contribution in [-0.2, 0) is 6.54 Å². The van der Waals surface area contributed by atoms with E-state index < -0.39 is 0 Å². The van der Waals surface area contributed by atoms with E-state index in [2.05, 4.69) is 33.4 Å². The van der Waals surface area contributed by atoms with Gasteiger partial charge in [0.25, 0.3) is 0 Å². The standard InChI is InChI=1S/C12H14N6S/c1-8-7-9-10(16-12(13)17-11(9)19-8)14-4-6-18-5-2-3-15-18/h2-3,5,7H,4,6H2,1H3,(H3,13,14,16,17). The molecular weight excluding hydrogens is 260 g/mol. The number of nitrogens with zero attached hydrogens (tertiary/aromatic N) is 4. The molecule has 0 aliphatic rings. The van der Waals surface area contributed by atoms with Crippen molar-refractivity contribution in [1.29, 1.82) is 0 Å². The molecule has 0 aliphatic carbocycles. The molecular formula is C12H14N6S. The second-order valence-electron chi connectivity index (χ2n) is 4.20. The highest BCUT2D eigenvalue weighted by atomic mass is 32.1. The Hall–Kier alpha value is -2.15. The van der Waals surface area contributed by atoms with Crippen LogP contribution in [0.5, 0.6) is 0 Å². The van der Waals surface area contributed by atoms with Crippen molar-refractivity contribution in [3.63, 3.8) is 0 Å². The molecule has 0 aromatic carbocycles. The van der Waals surface area contributed by atoms with Gasteiger partial charge in [0.1, 0.15) is 10.6 Å². The average Bonchev–Trinajstić information content (AvgIpc) is 2.97. The van der Waals surface area contributed by atoms with Crippen LogP contribution >= 0.6 is 11.3 Å². The van der Waals surface area contributed by atoms with Crippen molar-refractivity contribution in [1.82, 2.24) is 19.7 Å². The van der Waals surface area contributed by atoms with E-state index in [1.165, 1.54) is 4.88 Å². The van der Waals surface area contributed by atoms with E-state index >= 15 is 0 Å². The molecule has 0 saturated heterocycles. The maximum atomic E-state index is 5.73. The van der Waals surface area contributed by atoms with Gasteiger partial charge >= 0.3 is 0 Å². The molecule has 0 spiro atoms. The zero-order chi connectivity index (χ0) is 13.2. The fourth-order valence-corrected chi connectivity index (χ4v) is 2.80. The Morgan fingerprint density at radius 3 is 3.11 bits per heavy atom. The maximum absolute atomic E-state index is 5.73. The van der Waals surface area contributed by atoms with Crippen molar-refractivity contribution in [3.8, 4) is 0 Å². The molecule has 6 nitrogen and oxygen atoms in total. The number of anilines is 2. The lowest BCUT2D eigenvalue weighted by molar-refractivity contribution is 0.637. The number of thiophene rings is 1. The summed E-state index contributed by atoms with van der Waals surface area (Å²) in [6.45, 7) is 3.57. The molecule has 0 saturated carbocycles. The van der Waals surface area contributed by atoms with Gasteiger partial charge in [0, 0.05) is 23.8 Å². The topological polar surface area (TPSA) is 81.7 Å². The summed E-state index contributed by atoms with van der Waals surface area (Å²) < 4.78 is 1.87. The Kier molecular flexibility index (Phi) is 3.04. The van der Waals surface area contributed by atoms with E-state index in [0.29, 0.717) is 5.95 Å².